The fourth-order valence-electron chi connectivity index (χ4n) is 3.60. The van der Waals surface area contributed by atoms with E-state index in [1.807, 2.05) is 18.2 Å². The molecule has 0 spiro atoms. The summed E-state index contributed by atoms with van der Waals surface area (Å²) in [6, 6.07) is 6.76. The van der Waals surface area contributed by atoms with Gasteiger partial charge in [-0.3, -0.25) is 4.90 Å². The second kappa shape index (κ2) is 5.61. The monoisotopic (exact) mass is 298 g/mol. The highest BCUT2D eigenvalue weighted by molar-refractivity contribution is 6.33. The Hall–Kier alpha value is -0.280. The molecule has 2 aliphatic rings. The number of benzene rings is 1. The lowest BCUT2D eigenvalue weighted by atomic mass is 9.90. The molecule has 1 N–H and O–H groups in total. The molecule has 2 nitrogen and oxygen atoms in total. The molecular formula is C15H20Cl2N2. The Morgan fingerprint density at radius 2 is 2.16 bits per heavy atom. The van der Waals surface area contributed by atoms with Gasteiger partial charge in [-0.1, -0.05) is 23.2 Å². The highest BCUT2D eigenvalue weighted by Crippen LogP contribution is 2.36. The van der Waals surface area contributed by atoms with E-state index in [4.69, 9.17) is 23.2 Å². The van der Waals surface area contributed by atoms with Crippen LogP contribution >= 0.6 is 23.2 Å². The molecule has 0 amide bonds. The Balaban J connectivity index is 1.86. The van der Waals surface area contributed by atoms with Gasteiger partial charge in [-0.05, 0) is 62.5 Å². The summed E-state index contributed by atoms with van der Waals surface area (Å²) in [4.78, 5) is 2.60. The third kappa shape index (κ3) is 2.64. The number of likely N-dealkylation sites (tertiary alicyclic amines) is 1. The number of hydrogen-bond donors (Lipinski definition) is 1. The molecular weight excluding hydrogens is 279 g/mol. The van der Waals surface area contributed by atoms with Crippen molar-refractivity contribution in [3.05, 3.63) is 33.8 Å². The van der Waals surface area contributed by atoms with E-state index >= 15 is 0 Å². The molecule has 3 atom stereocenters. The van der Waals surface area contributed by atoms with Crippen molar-refractivity contribution in [1.29, 1.82) is 0 Å². The van der Waals surface area contributed by atoms with Crippen LogP contribution in [-0.4, -0.2) is 30.6 Å². The van der Waals surface area contributed by atoms with Gasteiger partial charge in [0.2, 0.25) is 0 Å². The van der Waals surface area contributed by atoms with Crippen molar-refractivity contribution in [3.8, 4) is 0 Å². The van der Waals surface area contributed by atoms with Crippen LogP contribution in [0, 0.1) is 5.92 Å². The summed E-state index contributed by atoms with van der Waals surface area (Å²) in [5.74, 6) is 0.800. The van der Waals surface area contributed by atoms with Crippen LogP contribution in [0.2, 0.25) is 10.0 Å². The van der Waals surface area contributed by atoms with Crippen LogP contribution in [0.25, 0.3) is 0 Å². The summed E-state index contributed by atoms with van der Waals surface area (Å²) < 4.78 is 0. The number of piperidine rings is 1. The molecule has 0 saturated carbocycles. The van der Waals surface area contributed by atoms with Crippen LogP contribution in [0.1, 0.15) is 31.4 Å². The predicted octanol–water partition coefficient (Wildman–Crippen LogP) is 3.74. The molecule has 2 saturated heterocycles. The van der Waals surface area contributed by atoms with Gasteiger partial charge >= 0.3 is 0 Å². The first-order valence-corrected chi connectivity index (χ1v) is 7.84. The zero-order chi connectivity index (χ0) is 13.4. The van der Waals surface area contributed by atoms with Gasteiger partial charge in [0.05, 0.1) is 0 Å². The number of fused-ring (bicyclic) bond motifs is 1. The molecule has 1 aromatic carbocycles. The second-order valence-corrected chi connectivity index (χ2v) is 6.55. The largest absolute Gasteiger partial charge is 0.315 e. The fourth-order valence-corrected chi connectivity index (χ4v) is 4.05. The van der Waals surface area contributed by atoms with Crippen LogP contribution in [-0.2, 0) is 0 Å². The maximum Gasteiger partial charge on any atom is 0.0454 e. The van der Waals surface area contributed by atoms with Gasteiger partial charge in [0.25, 0.3) is 0 Å². The van der Waals surface area contributed by atoms with Gasteiger partial charge in [-0.25, -0.2) is 0 Å². The van der Waals surface area contributed by atoms with Crippen molar-refractivity contribution in [1.82, 2.24) is 10.2 Å². The van der Waals surface area contributed by atoms with Crippen molar-refractivity contribution in [2.75, 3.05) is 19.6 Å². The maximum atomic E-state index is 6.35. The number of halogens is 2. The zero-order valence-corrected chi connectivity index (χ0v) is 12.7. The first kappa shape index (κ1) is 13.7. The molecule has 2 aliphatic heterocycles. The number of rotatable bonds is 2. The van der Waals surface area contributed by atoms with Gasteiger partial charge in [0, 0.05) is 28.7 Å². The summed E-state index contributed by atoms with van der Waals surface area (Å²) in [6.45, 7) is 5.68. The van der Waals surface area contributed by atoms with E-state index in [1.165, 1.54) is 12.8 Å². The Morgan fingerprint density at radius 1 is 1.32 bits per heavy atom. The standard InChI is InChI=1S/C15H20Cl2N2/c1-10(13-7-12(16)4-5-14(13)17)19-6-2-3-11-8-18-9-15(11)19/h4-5,7,10-11,15,18H,2-3,6,8-9H2,1H3. The summed E-state index contributed by atoms with van der Waals surface area (Å²) in [5.41, 5.74) is 1.15. The summed E-state index contributed by atoms with van der Waals surface area (Å²) in [6.07, 6.45) is 2.63. The zero-order valence-electron chi connectivity index (χ0n) is 11.2. The fraction of sp³-hybridized carbons (Fsp3) is 0.600. The summed E-state index contributed by atoms with van der Waals surface area (Å²) in [7, 11) is 0. The van der Waals surface area contributed by atoms with Gasteiger partial charge in [0.15, 0.2) is 0 Å². The summed E-state index contributed by atoms with van der Waals surface area (Å²) >= 11 is 12.5. The minimum absolute atomic E-state index is 0.332. The van der Waals surface area contributed by atoms with Crippen LogP contribution in [0.4, 0.5) is 0 Å². The van der Waals surface area contributed by atoms with E-state index in [0.717, 1.165) is 41.2 Å². The Kier molecular flexibility index (Phi) is 4.04. The molecule has 4 heteroatoms. The molecule has 2 heterocycles. The average Bonchev–Trinajstić information content (AvgIpc) is 2.89. The highest BCUT2D eigenvalue weighted by Gasteiger charge is 2.37. The van der Waals surface area contributed by atoms with Crippen LogP contribution in [0.3, 0.4) is 0 Å². The van der Waals surface area contributed by atoms with E-state index < -0.39 is 0 Å². The number of nitrogens with one attached hydrogen (secondary N) is 1. The molecule has 0 aliphatic carbocycles. The van der Waals surface area contributed by atoms with E-state index in [9.17, 15) is 0 Å². The van der Waals surface area contributed by atoms with Crippen LogP contribution in [0.5, 0.6) is 0 Å². The van der Waals surface area contributed by atoms with Gasteiger partial charge in [-0.15, -0.1) is 0 Å². The number of hydrogen-bond acceptors (Lipinski definition) is 2. The average molecular weight is 299 g/mol. The SMILES string of the molecule is CC(c1cc(Cl)ccc1Cl)N1CCCC2CNCC21. The molecule has 3 rings (SSSR count). The lowest BCUT2D eigenvalue weighted by Gasteiger charge is -2.41. The molecule has 0 aromatic heterocycles. The van der Waals surface area contributed by atoms with Gasteiger partial charge in [-0.2, -0.15) is 0 Å². The molecule has 104 valence electrons. The smallest absolute Gasteiger partial charge is 0.0454 e. The quantitative estimate of drug-likeness (QED) is 0.895. The van der Waals surface area contributed by atoms with Crippen LogP contribution < -0.4 is 5.32 Å². The van der Waals surface area contributed by atoms with Crippen molar-refractivity contribution < 1.29 is 0 Å². The molecule has 1 aromatic rings. The third-order valence-electron chi connectivity index (χ3n) is 4.63. The van der Waals surface area contributed by atoms with Crippen molar-refractivity contribution >= 4 is 23.2 Å². The van der Waals surface area contributed by atoms with Crippen molar-refractivity contribution in [2.45, 2.75) is 31.8 Å². The third-order valence-corrected chi connectivity index (χ3v) is 5.21. The number of nitrogens with zero attached hydrogens (tertiary/aromatic N) is 1. The predicted molar refractivity (Wildman–Crippen MR) is 81.0 cm³/mol. The first-order valence-electron chi connectivity index (χ1n) is 7.08. The minimum Gasteiger partial charge on any atom is -0.315 e. The second-order valence-electron chi connectivity index (χ2n) is 5.71. The topological polar surface area (TPSA) is 15.3 Å². The van der Waals surface area contributed by atoms with Crippen LogP contribution in [0.15, 0.2) is 18.2 Å². The minimum atomic E-state index is 0.332. The van der Waals surface area contributed by atoms with Crippen molar-refractivity contribution in [2.24, 2.45) is 5.92 Å². The van der Waals surface area contributed by atoms with E-state index in [-0.39, 0.29) is 0 Å². The molecule has 0 radical (unpaired) electrons. The Bertz CT molecular complexity index is 463. The van der Waals surface area contributed by atoms with Gasteiger partial charge < -0.3 is 5.32 Å². The molecule has 19 heavy (non-hydrogen) atoms. The van der Waals surface area contributed by atoms with Crippen molar-refractivity contribution in [3.63, 3.8) is 0 Å². The Labute approximate surface area is 125 Å². The lowest BCUT2D eigenvalue weighted by molar-refractivity contribution is 0.0848. The van der Waals surface area contributed by atoms with Gasteiger partial charge in [0.1, 0.15) is 0 Å². The lowest BCUT2D eigenvalue weighted by Crippen LogP contribution is -2.46. The highest BCUT2D eigenvalue weighted by atomic mass is 35.5. The first-order chi connectivity index (χ1) is 9.16. The Morgan fingerprint density at radius 3 is 3.00 bits per heavy atom. The molecule has 0 bridgehead atoms. The summed E-state index contributed by atoms with van der Waals surface area (Å²) in [5, 5.41) is 5.12. The van der Waals surface area contributed by atoms with E-state index in [2.05, 4.69) is 17.1 Å². The molecule has 2 fully saturated rings. The maximum absolute atomic E-state index is 6.35. The normalized spacial score (nSPS) is 29.2. The van der Waals surface area contributed by atoms with E-state index in [1.54, 1.807) is 0 Å². The van der Waals surface area contributed by atoms with E-state index in [0.29, 0.717) is 12.1 Å². The molecule has 3 unspecified atom stereocenters.